The topological polar surface area (TPSA) is 61.8 Å². The lowest BCUT2D eigenvalue weighted by molar-refractivity contribution is -0.0750. The van der Waals surface area contributed by atoms with Crippen LogP contribution >= 0.6 is 0 Å². The quantitative estimate of drug-likeness (QED) is 0.713. The number of nitrogens with zero attached hydrogens (tertiary/aromatic N) is 1. The predicted molar refractivity (Wildman–Crippen MR) is 98.2 cm³/mol. The van der Waals surface area contributed by atoms with Crippen molar-refractivity contribution in [2.24, 2.45) is 0 Å². The largest absolute Gasteiger partial charge is 0.395 e. The third kappa shape index (κ3) is 4.74. The minimum atomic E-state index is -0.856. The lowest BCUT2D eigenvalue weighted by Gasteiger charge is -2.37. The Kier molecular flexibility index (Phi) is 7.47. The summed E-state index contributed by atoms with van der Waals surface area (Å²) < 4.78 is 40.2. The predicted octanol–water partition coefficient (Wildman–Crippen LogP) is 2.89. The summed E-state index contributed by atoms with van der Waals surface area (Å²) in [6.45, 7) is 0.424. The molecule has 0 spiro atoms. The number of rotatable bonds is 9. The molecule has 1 fully saturated rings. The van der Waals surface area contributed by atoms with Crippen molar-refractivity contribution in [1.29, 1.82) is 0 Å². The summed E-state index contributed by atoms with van der Waals surface area (Å²) in [6.07, 6.45) is -0.547. The molecule has 2 unspecified atom stereocenters. The average molecular weight is 392 g/mol. The van der Waals surface area contributed by atoms with Gasteiger partial charge >= 0.3 is 0 Å². The van der Waals surface area contributed by atoms with E-state index in [1.807, 2.05) is 0 Å². The number of aliphatic hydroxyl groups excluding tert-OH is 1. The van der Waals surface area contributed by atoms with Crippen LogP contribution in [0.15, 0.2) is 48.5 Å². The molecule has 0 amide bonds. The fourth-order valence-electron chi connectivity index (χ4n) is 3.69. The Hall–Kier alpha value is -1.90. The number of ether oxygens (including phenoxy) is 2. The van der Waals surface area contributed by atoms with E-state index >= 15 is 0 Å². The van der Waals surface area contributed by atoms with Crippen molar-refractivity contribution in [3.05, 3.63) is 71.3 Å². The lowest BCUT2D eigenvalue weighted by atomic mass is 9.85. The van der Waals surface area contributed by atoms with Crippen LogP contribution in [0.5, 0.6) is 0 Å². The average Bonchev–Trinajstić information content (AvgIpc) is 3.21. The number of benzene rings is 2. The normalized spacial score (nSPS) is 17.2. The molecule has 1 aliphatic heterocycles. The number of hydrogen-bond donors (Lipinski definition) is 1. The standard InChI is InChI=1S/C21H24F2NO4/c22-18-7-3-1-5-15(18)17(14-26)21(16-6-2-4-8-19(16)23)24(9-10-25)13-20-27-11-12-28-20/h1-8,17,20-21,25H,9-14H2. The molecular weight excluding hydrogens is 368 g/mol. The number of halogens is 2. The van der Waals surface area contributed by atoms with Crippen LogP contribution in [0.4, 0.5) is 8.78 Å². The minimum absolute atomic E-state index is 0.160. The molecule has 7 heteroatoms. The van der Waals surface area contributed by atoms with E-state index in [0.29, 0.717) is 13.2 Å². The highest BCUT2D eigenvalue weighted by atomic mass is 19.1. The zero-order valence-electron chi connectivity index (χ0n) is 15.5. The van der Waals surface area contributed by atoms with Gasteiger partial charge in [0.1, 0.15) is 11.6 Å². The molecule has 0 saturated carbocycles. The summed E-state index contributed by atoms with van der Waals surface area (Å²) in [5.41, 5.74) is 0.500. The molecule has 1 N–H and O–H groups in total. The van der Waals surface area contributed by atoms with Gasteiger partial charge in [0, 0.05) is 24.1 Å². The SMILES string of the molecule is [O]CC(c1ccccc1F)C(c1ccccc1F)N(CCO)CC1OCCO1. The monoisotopic (exact) mass is 392 g/mol. The van der Waals surface area contributed by atoms with Crippen LogP contribution in [-0.4, -0.2) is 55.8 Å². The van der Waals surface area contributed by atoms with Crippen molar-refractivity contribution in [1.82, 2.24) is 4.90 Å². The van der Waals surface area contributed by atoms with Crippen molar-refractivity contribution in [2.75, 3.05) is 39.5 Å². The third-order valence-electron chi connectivity index (χ3n) is 4.94. The zero-order valence-corrected chi connectivity index (χ0v) is 15.5. The van der Waals surface area contributed by atoms with E-state index in [4.69, 9.17) is 9.47 Å². The molecule has 28 heavy (non-hydrogen) atoms. The van der Waals surface area contributed by atoms with Gasteiger partial charge in [0.15, 0.2) is 6.29 Å². The van der Waals surface area contributed by atoms with Gasteiger partial charge < -0.3 is 14.6 Å². The van der Waals surface area contributed by atoms with E-state index < -0.39 is 36.5 Å². The van der Waals surface area contributed by atoms with Crippen LogP contribution < -0.4 is 0 Å². The molecule has 3 rings (SSSR count). The van der Waals surface area contributed by atoms with Gasteiger partial charge in [-0.05, 0) is 17.7 Å². The Balaban J connectivity index is 2.04. The van der Waals surface area contributed by atoms with Gasteiger partial charge in [0.05, 0.1) is 33.0 Å². The number of hydrogen-bond acceptors (Lipinski definition) is 4. The molecule has 1 heterocycles. The molecule has 1 saturated heterocycles. The Morgan fingerprint density at radius 3 is 2.11 bits per heavy atom. The van der Waals surface area contributed by atoms with Crippen LogP contribution in [0.25, 0.3) is 0 Å². The molecule has 1 aliphatic rings. The van der Waals surface area contributed by atoms with Gasteiger partial charge in [0.25, 0.3) is 0 Å². The van der Waals surface area contributed by atoms with Crippen LogP contribution in [0.3, 0.4) is 0 Å². The highest BCUT2D eigenvalue weighted by Gasteiger charge is 2.35. The maximum Gasteiger partial charge on any atom is 0.170 e. The fraction of sp³-hybridized carbons (Fsp3) is 0.429. The fourth-order valence-corrected chi connectivity index (χ4v) is 3.69. The lowest BCUT2D eigenvalue weighted by Crippen LogP contribution is -2.41. The summed E-state index contributed by atoms with van der Waals surface area (Å²) in [7, 11) is 0. The van der Waals surface area contributed by atoms with Gasteiger partial charge in [-0.25, -0.2) is 13.9 Å². The molecular formula is C21H24F2NO4. The third-order valence-corrected chi connectivity index (χ3v) is 4.94. The Bertz CT molecular complexity index is 755. The second-order valence-corrected chi connectivity index (χ2v) is 6.65. The molecule has 1 radical (unpaired) electrons. The van der Waals surface area contributed by atoms with Crippen molar-refractivity contribution in [3.63, 3.8) is 0 Å². The van der Waals surface area contributed by atoms with Crippen molar-refractivity contribution >= 4 is 0 Å². The molecule has 0 aliphatic carbocycles. The Morgan fingerprint density at radius 2 is 1.57 bits per heavy atom. The van der Waals surface area contributed by atoms with Gasteiger partial charge in [-0.1, -0.05) is 36.4 Å². The van der Waals surface area contributed by atoms with Gasteiger partial charge in [-0.2, -0.15) is 0 Å². The molecule has 2 aromatic rings. The first-order valence-electron chi connectivity index (χ1n) is 9.30. The molecule has 0 aromatic heterocycles. The zero-order chi connectivity index (χ0) is 19.9. The van der Waals surface area contributed by atoms with Crippen LogP contribution in [0.1, 0.15) is 23.1 Å². The summed E-state index contributed by atoms with van der Waals surface area (Å²) in [4.78, 5) is 1.74. The summed E-state index contributed by atoms with van der Waals surface area (Å²) in [5, 5.41) is 21.8. The van der Waals surface area contributed by atoms with E-state index in [1.165, 1.54) is 12.1 Å². The highest BCUT2D eigenvalue weighted by molar-refractivity contribution is 5.30. The highest BCUT2D eigenvalue weighted by Crippen LogP contribution is 2.38. The molecule has 2 atom stereocenters. The first kappa shape index (κ1) is 20.8. The molecule has 151 valence electrons. The second-order valence-electron chi connectivity index (χ2n) is 6.65. The van der Waals surface area contributed by atoms with E-state index in [0.717, 1.165) is 0 Å². The Morgan fingerprint density at radius 1 is 1.00 bits per heavy atom. The maximum atomic E-state index is 14.7. The van der Waals surface area contributed by atoms with Crippen LogP contribution in [0, 0.1) is 11.6 Å². The first-order valence-corrected chi connectivity index (χ1v) is 9.30. The second kappa shape index (κ2) is 10.0. The van der Waals surface area contributed by atoms with Gasteiger partial charge in [0.2, 0.25) is 0 Å². The first-order chi connectivity index (χ1) is 13.7. The summed E-state index contributed by atoms with van der Waals surface area (Å²) in [6, 6.07) is 11.4. The van der Waals surface area contributed by atoms with Crippen molar-refractivity contribution in [3.8, 4) is 0 Å². The van der Waals surface area contributed by atoms with Gasteiger partial charge in [-0.3, -0.25) is 4.90 Å². The molecule has 0 bridgehead atoms. The van der Waals surface area contributed by atoms with Crippen LogP contribution in [0.2, 0.25) is 0 Å². The summed E-state index contributed by atoms with van der Waals surface area (Å²) >= 11 is 0. The van der Waals surface area contributed by atoms with Gasteiger partial charge in [-0.15, -0.1) is 0 Å². The van der Waals surface area contributed by atoms with E-state index in [1.54, 1.807) is 41.3 Å². The van der Waals surface area contributed by atoms with E-state index in [9.17, 15) is 19.0 Å². The molecule has 2 aromatic carbocycles. The number of aliphatic hydroxyl groups is 1. The maximum absolute atomic E-state index is 14.7. The summed E-state index contributed by atoms with van der Waals surface area (Å²) in [5.74, 6) is -1.86. The van der Waals surface area contributed by atoms with Crippen LogP contribution in [-0.2, 0) is 14.6 Å². The molecule has 5 nitrogen and oxygen atoms in total. The van der Waals surface area contributed by atoms with Crippen molar-refractivity contribution in [2.45, 2.75) is 18.2 Å². The van der Waals surface area contributed by atoms with E-state index in [2.05, 4.69) is 0 Å². The Labute approximate surface area is 163 Å². The minimum Gasteiger partial charge on any atom is -0.395 e. The van der Waals surface area contributed by atoms with Crippen molar-refractivity contribution < 1.29 is 28.5 Å². The smallest absolute Gasteiger partial charge is 0.170 e. The van der Waals surface area contributed by atoms with E-state index in [-0.39, 0.29) is 30.8 Å².